The number of amides is 1. The lowest BCUT2D eigenvalue weighted by Gasteiger charge is -2.29. The van der Waals surface area contributed by atoms with Crippen LogP contribution in [0.3, 0.4) is 0 Å². The van der Waals surface area contributed by atoms with Gasteiger partial charge in [0.2, 0.25) is 0 Å². The molecule has 4 rings (SSSR count). The molecule has 0 aromatic heterocycles. The molecule has 8 heteroatoms. The number of benzene rings is 2. The second-order valence-corrected chi connectivity index (χ2v) is 11.3. The van der Waals surface area contributed by atoms with Gasteiger partial charge in [-0.05, 0) is 67.1 Å². The second-order valence-electron chi connectivity index (χ2n) is 11.3. The molecular weight excluding hydrogens is 520 g/mol. The van der Waals surface area contributed by atoms with Crippen LogP contribution in [0, 0.1) is 12.8 Å². The molecule has 1 amide bonds. The highest BCUT2D eigenvalue weighted by Gasteiger charge is 2.46. The molecule has 2 saturated heterocycles. The summed E-state index contributed by atoms with van der Waals surface area (Å²) in [6, 6.07) is 12.2. The third kappa shape index (κ3) is 7.68. The number of rotatable bonds is 13. The number of aliphatic hydroxyl groups is 1. The Kier molecular flexibility index (Phi) is 10.8. The van der Waals surface area contributed by atoms with E-state index in [1.807, 2.05) is 37.3 Å². The number of aliphatic hydroxyl groups excluding tert-OH is 1. The number of ketones is 1. The summed E-state index contributed by atoms with van der Waals surface area (Å²) in [6.07, 6.45) is 2.72. The van der Waals surface area contributed by atoms with Crippen LogP contribution in [0.1, 0.15) is 62.8 Å². The first-order valence-electron chi connectivity index (χ1n) is 14.8. The molecule has 2 aromatic carbocycles. The zero-order valence-electron chi connectivity index (χ0n) is 24.9. The van der Waals surface area contributed by atoms with Gasteiger partial charge in [-0.1, -0.05) is 39.3 Å². The number of morpholine rings is 1. The van der Waals surface area contributed by atoms with Gasteiger partial charge in [0.15, 0.2) is 0 Å². The SMILES string of the molecule is CCCCOc1ccc(C2C(=C(O)c3ccc(OCC(C)C)cc3C)C(=O)C(=O)N2CCCN2CCOCC2)cc1. The molecule has 1 unspecified atom stereocenters. The molecule has 0 bridgehead atoms. The number of hydrogen-bond acceptors (Lipinski definition) is 7. The van der Waals surface area contributed by atoms with Crippen LogP contribution in [0.2, 0.25) is 0 Å². The van der Waals surface area contributed by atoms with E-state index in [9.17, 15) is 14.7 Å². The minimum absolute atomic E-state index is 0.111. The van der Waals surface area contributed by atoms with Crippen molar-refractivity contribution in [2.24, 2.45) is 5.92 Å². The molecule has 222 valence electrons. The molecule has 8 nitrogen and oxygen atoms in total. The van der Waals surface area contributed by atoms with Gasteiger partial charge in [0, 0.05) is 31.7 Å². The Bertz CT molecular complexity index is 1220. The highest BCUT2D eigenvalue weighted by Crippen LogP contribution is 2.40. The summed E-state index contributed by atoms with van der Waals surface area (Å²) in [5.74, 6) is 0.398. The van der Waals surface area contributed by atoms with Crippen molar-refractivity contribution in [3.8, 4) is 11.5 Å². The summed E-state index contributed by atoms with van der Waals surface area (Å²) in [7, 11) is 0. The third-order valence-corrected chi connectivity index (χ3v) is 7.52. The lowest BCUT2D eigenvalue weighted by Crippen LogP contribution is -2.38. The number of carbonyl (C=O) groups is 2. The molecule has 2 aliphatic heterocycles. The van der Waals surface area contributed by atoms with Crippen LogP contribution in [-0.4, -0.2) is 79.2 Å². The lowest BCUT2D eigenvalue weighted by molar-refractivity contribution is -0.140. The van der Waals surface area contributed by atoms with E-state index in [-0.39, 0.29) is 11.3 Å². The van der Waals surface area contributed by atoms with Crippen molar-refractivity contribution < 1.29 is 28.9 Å². The number of ether oxygens (including phenoxy) is 3. The number of likely N-dealkylation sites (tertiary alicyclic amines) is 1. The minimum Gasteiger partial charge on any atom is -0.507 e. The maximum atomic E-state index is 13.5. The summed E-state index contributed by atoms with van der Waals surface area (Å²) in [6.45, 7) is 13.7. The summed E-state index contributed by atoms with van der Waals surface area (Å²) < 4.78 is 17.1. The predicted molar refractivity (Wildman–Crippen MR) is 159 cm³/mol. The van der Waals surface area contributed by atoms with Gasteiger partial charge in [-0.2, -0.15) is 0 Å². The number of aryl methyl sites for hydroxylation is 1. The number of unbranched alkanes of at least 4 members (excludes halogenated alkanes) is 1. The molecule has 0 aliphatic carbocycles. The van der Waals surface area contributed by atoms with Crippen LogP contribution in [-0.2, 0) is 14.3 Å². The van der Waals surface area contributed by atoms with E-state index < -0.39 is 17.7 Å². The first-order valence-corrected chi connectivity index (χ1v) is 14.8. The first-order chi connectivity index (χ1) is 19.8. The van der Waals surface area contributed by atoms with E-state index >= 15 is 0 Å². The fourth-order valence-electron chi connectivity index (χ4n) is 5.23. The number of Topliss-reactive ketones (excluding diaryl/α,β-unsaturated/α-hetero) is 1. The second kappa shape index (κ2) is 14.5. The summed E-state index contributed by atoms with van der Waals surface area (Å²) in [4.78, 5) is 30.8. The topological polar surface area (TPSA) is 88.5 Å². The van der Waals surface area contributed by atoms with Crippen LogP contribution in [0.4, 0.5) is 0 Å². The van der Waals surface area contributed by atoms with E-state index in [1.54, 1.807) is 17.0 Å². The van der Waals surface area contributed by atoms with Gasteiger partial charge in [-0.3, -0.25) is 14.5 Å². The zero-order chi connectivity index (χ0) is 29.4. The van der Waals surface area contributed by atoms with Crippen molar-refractivity contribution in [3.63, 3.8) is 0 Å². The van der Waals surface area contributed by atoms with E-state index in [1.165, 1.54) is 0 Å². The molecule has 2 aliphatic rings. The van der Waals surface area contributed by atoms with Gasteiger partial charge in [-0.25, -0.2) is 0 Å². The largest absolute Gasteiger partial charge is 0.507 e. The van der Waals surface area contributed by atoms with Crippen molar-refractivity contribution >= 4 is 17.4 Å². The average Bonchev–Trinajstić information content (AvgIpc) is 3.22. The molecule has 41 heavy (non-hydrogen) atoms. The van der Waals surface area contributed by atoms with Crippen LogP contribution in [0.5, 0.6) is 11.5 Å². The molecule has 2 aromatic rings. The highest BCUT2D eigenvalue weighted by atomic mass is 16.5. The summed E-state index contributed by atoms with van der Waals surface area (Å²) >= 11 is 0. The standard InChI is InChI=1S/C33H44N2O6/c1-5-6-18-40-26-10-8-25(9-11-26)30-29(31(36)28-13-12-27(21-24(28)4)41-22-23(2)3)32(37)33(38)35(30)15-7-14-34-16-19-39-20-17-34/h8-13,21,23,30,36H,5-7,14-20,22H2,1-4H3. The average molecular weight is 565 g/mol. The molecular formula is C33H44N2O6. The van der Waals surface area contributed by atoms with Crippen molar-refractivity contribution in [1.29, 1.82) is 0 Å². The van der Waals surface area contributed by atoms with Crippen LogP contribution < -0.4 is 9.47 Å². The fraction of sp³-hybridized carbons (Fsp3) is 0.515. The Morgan fingerprint density at radius 1 is 1.00 bits per heavy atom. The Labute approximate surface area is 243 Å². The third-order valence-electron chi connectivity index (χ3n) is 7.52. The monoisotopic (exact) mass is 564 g/mol. The lowest BCUT2D eigenvalue weighted by atomic mass is 9.93. The van der Waals surface area contributed by atoms with Gasteiger partial charge in [0.05, 0.1) is 38.0 Å². The van der Waals surface area contributed by atoms with Crippen molar-refractivity contribution in [2.75, 3.05) is 52.6 Å². The Morgan fingerprint density at radius 2 is 1.71 bits per heavy atom. The molecule has 2 heterocycles. The van der Waals surface area contributed by atoms with Gasteiger partial charge in [-0.15, -0.1) is 0 Å². The Hall–Kier alpha value is -3.36. The number of hydrogen-bond donors (Lipinski definition) is 1. The molecule has 1 atom stereocenters. The van der Waals surface area contributed by atoms with Crippen LogP contribution in [0.25, 0.3) is 5.76 Å². The van der Waals surface area contributed by atoms with E-state index in [0.717, 1.165) is 49.4 Å². The summed E-state index contributed by atoms with van der Waals surface area (Å²) in [5, 5.41) is 11.6. The zero-order valence-corrected chi connectivity index (χ0v) is 24.9. The van der Waals surface area contributed by atoms with E-state index in [0.29, 0.717) is 56.6 Å². The van der Waals surface area contributed by atoms with Crippen LogP contribution in [0.15, 0.2) is 48.0 Å². The highest BCUT2D eigenvalue weighted by molar-refractivity contribution is 6.46. The molecule has 1 N–H and O–H groups in total. The molecule has 2 fully saturated rings. The van der Waals surface area contributed by atoms with Gasteiger partial charge < -0.3 is 24.2 Å². The predicted octanol–water partition coefficient (Wildman–Crippen LogP) is 5.35. The van der Waals surface area contributed by atoms with E-state index in [4.69, 9.17) is 14.2 Å². The van der Waals surface area contributed by atoms with Crippen molar-refractivity contribution in [2.45, 2.75) is 53.0 Å². The van der Waals surface area contributed by atoms with E-state index in [2.05, 4.69) is 25.7 Å². The molecule has 0 spiro atoms. The van der Waals surface area contributed by atoms with Gasteiger partial charge in [0.1, 0.15) is 17.3 Å². The Balaban J connectivity index is 1.64. The first kappa shape index (κ1) is 30.6. The van der Waals surface area contributed by atoms with Gasteiger partial charge in [0.25, 0.3) is 11.7 Å². The molecule has 0 saturated carbocycles. The van der Waals surface area contributed by atoms with Crippen LogP contribution >= 0.6 is 0 Å². The quantitative estimate of drug-likeness (QED) is 0.152. The normalized spacial score (nSPS) is 19.2. The Morgan fingerprint density at radius 3 is 2.37 bits per heavy atom. The number of nitrogens with zero attached hydrogens (tertiary/aromatic N) is 2. The smallest absolute Gasteiger partial charge is 0.295 e. The fourth-order valence-corrected chi connectivity index (χ4v) is 5.23. The van der Waals surface area contributed by atoms with Crippen molar-refractivity contribution in [3.05, 3.63) is 64.7 Å². The van der Waals surface area contributed by atoms with Crippen molar-refractivity contribution in [1.82, 2.24) is 9.80 Å². The molecule has 0 radical (unpaired) electrons. The maximum absolute atomic E-state index is 13.5. The van der Waals surface area contributed by atoms with Gasteiger partial charge >= 0.3 is 0 Å². The maximum Gasteiger partial charge on any atom is 0.295 e. The minimum atomic E-state index is -0.694. The summed E-state index contributed by atoms with van der Waals surface area (Å²) in [5.41, 5.74) is 2.15. The number of carbonyl (C=O) groups excluding carboxylic acids is 2.